The van der Waals surface area contributed by atoms with E-state index in [1.165, 1.54) is 4.68 Å². The summed E-state index contributed by atoms with van der Waals surface area (Å²) in [4.78, 5) is 27.0. The molecule has 4 heterocycles. The largest absolute Gasteiger partial charge is 0.477 e. The van der Waals surface area contributed by atoms with E-state index < -0.39 is 0 Å². The van der Waals surface area contributed by atoms with Gasteiger partial charge in [0.25, 0.3) is 11.5 Å². The molecule has 1 saturated heterocycles. The van der Waals surface area contributed by atoms with E-state index in [1.807, 2.05) is 6.92 Å². The number of carbonyl (C=O) groups is 1. The minimum Gasteiger partial charge on any atom is -0.477 e. The lowest BCUT2D eigenvalue weighted by Gasteiger charge is -2.35. The number of likely N-dealkylation sites (tertiary alicyclic amines) is 1. The Labute approximate surface area is 169 Å². The minimum atomic E-state index is -0.143. The predicted octanol–water partition coefficient (Wildman–Crippen LogP) is 0.815. The standard InChI is InChI=1S/C20H28N6O3/c1-15-6-7-18(27)25(23-15)11-10-24-8-3-2-5-16(24)13-21-19(28)17-14-22-26-9-4-12-29-20(17)26/h6-7,14,16H,2-5,8-13H2,1H3,(H,21,28). The topological polar surface area (TPSA) is 94.3 Å². The number of aromatic nitrogens is 4. The highest BCUT2D eigenvalue weighted by Gasteiger charge is 2.25. The van der Waals surface area contributed by atoms with Crippen molar-refractivity contribution in [2.24, 2.45) is 0 Å². The van der Waals surface area contributed by atoms with E-state index in [0.29, 0.717) is 31.1 Å². The molecule has 2 aliphatic rings. The molecule has 1 unspecified atom stereocenters. The van der Waals surface area contributed by atoms with Crippen LogP contribution in [0, 0.1) is 6.92 Å². The van der Waals surface area contributed by atoms with Crippen LogP contribution in [-0.4, -0.2) is 62.7 Å². The summed E-state index contributed by atoms with van der Waals surface area (Å²) in [5.41, 5.74) is 1.25. The quantitative estimate of drug-likeness (QED) is 0.771. The van der Waals surface area contributed by atoms with Crippen LogP contribution in [0.15, 0.2) is 23.1 Å². The Hall–Kier alpha value is -2.68. The molecule has 0 aliphatic carbocycles. The van der Waals surface area contributed by atoms with Crippen molar-refractivity contribution in [3.63, 3.8) is 0 Å². The van der Waals surface area contributed by atoms with E-state index in [2.05, 4.69) is 20.4 Å². The zero-order chi connectivity index (χ0) is 20.2. The average Bonchev–Trinajstić information content (AvgIpc) is 3.17. The fourth-order valence-corrected chi connectivity index (χ4v) is 4.05. The molecule has 1 atom stereocenters. The summed E-state index contributed by atoms with van der Waals surface area (Å²) in [7, 11) is 0. The molecule has 29 heavy (non-hydrogen) atoms. The van der Waals surface area contributed by atoms with Crippen molar-refractivity contribution in [1.82, 2.24) is 29.8 Å². The highest BCUT2D eigenvalue weighted by atomic mass is 16.5. The third-order valence-electron chi connectivity index (χ3n) is 5.64. The molecule has 4 rings (SSSR count). The lowest BCUT2D eigenvalue weighted by Crippen LogP contribution is -2.48. The van der Waals surface area contributed by atoms with Gasteiger partial charge in [0.2, 0.25) is 5.88 Å². The Morgan fingerprint density at radius 1 is 1.24 bits per heavy atom. The van der Waals surface area contributed by atoms with Crippen LogP contribution in [0.5, 0.6) is 5.88 Å². The Balaban J connectivity index is 1.35. The predicted molar refractivity (Wildman–Crippen MR) is 107 cm³/mol. The summed E-state index contributed by atoms with van der Waals surface area (Å²) in [6.07, 6.45) is 5.80. The normalized spacial score (nSPS) is 19.4. The van der Waals surface area contributed by atoms with E-state index >= 15 is 0 Å². The van der Waals surface area contributed by atoms with Crippen molar-refractivity contribution in [3.8, 4) is 5.88 Å². The highest BCUT2D eigenvalue weighted by molar-refractivity contribution is 5.96. The summed E-state index contributed by atoms with van der Waals surface area (Å²) < 4.78 is 8.90. The Bertz CT molecular complexity index is 921. The fraction of sp³-hybridized carbons (Fsp3) is 0.600. The molecule has 0 saturated carbocycles. The van der Waals surface area contributed by atoms with E-state index in [0.717, 1.165) is 51.0 Å². The summed E-state index contributed by atoms with van der Waals surface area (Å²) in [5.74, 6) is 0.425. The van der Waals surface area contributed by atoms with Crippen LogP contribution in [0.25, 0.3) is 0 Å². The number of carbonyl (C=O) groups excluding carboxylic acids is 1. The molecule has 0 spiro atoms. The second kappa shape index (κ2) is 8.77. The van der Waals surface area contributed by atoms with Crippen LogP contribution in [-0.2, 0) is 13.1 Å². The Morgan fingerprint density at radius 3 is 3.03 bits per heavy atom. The SMILES string of the molecule is Cc1ccc(=O)n(CCN2CCCCC2CNC(=O)c2cnn3c2OCCC3)n1. The summed E-state index contributed by atoms with van der Waals surface area (Å²) in [5, 5.41) is 11.6. The number of ether oxygens (including phenoxy) is 1. The first kappa shape index (κ1) is 19.6. The van der Waals surface area contributed by atoms with Gasteiger partial charge in [0, 0.05) is 38.2 Å². The monoisotopic (exact) mass is 400 g/mol. The van der Waals surface area contributed by atoms with Crippen LogP contribution in [0.3, 0.4) is 0 Å². The number of amides is 1. The van der Waals surface area contributed by atoms with Crippen LogP contribution in [0.4, 0.5) is 0 Å². The van der Waals surface area contributed by atoms with Gasteiger partial charge in [0.05, 0.1) is 25.0 Å². The number of piperidine rings is 1. The molecule has 9 heteroatoms. The van der Waals surface area contributed by atoms with Gasteiger partial charge in [-0.15, -0.1) is 0 Å². The lowest BCUT2D eigenvalue weighted by atomic mass is 10.0. The molecule has 0 radical (unpaired) electrons. The highest BCUT2D eigenvalue weighted by Crippen LogP contribution is 2.22. The number of fused-ring (bicyclic) bond motifs is 1. The molecular formula is C20H28N6O3. The maximum absolute atomic E-state index is 12.7. The number of nitrogens with zero attached hydrogens (tertiary/aromatic N) is 5. The van der Waals surface area contributed by atoms with Crippen molar-refractivity contribution >= 4 is 5.91 Å². The molecule has 156 valence electrons. The molecule has 9 nitrogen and oxygen atoms in total. The second-order valence-corrected chi connectivity index (χ2v) is 7.72. The maximum Gasteiger partial charge on any atom is 0.266 e. The second-order valence-electron chi connectivity index (χ2n) is 7.72. The molecule has 1 fully saturated rings. The number of rotatable bonds is 6. The summed E-state index contributed by atoms with van der Waals surface area (Å²) in [6.45, 7) is 6.11. The molecule has 1 amide bonds. The van der Waals surface area contributed by atoms with Crippen molar-refractivity contribution in [2.75, 3.05) is 26.2 Å². The maximum atomic E-state index is 12.7. The fourth-order valence-electron chi connectivity index (χ4n) is 4.05. The van der Waals surface area contributed by atoms with Crippen LogP contribution < -0.4 is 15.6 Å². The van der Waals surface area contributed by atoms with Gasteiger partial charge in [-0.2, -0.15) is 10.2 Å². The zero-order valence-corrected chi connectivity index (χ0v) is 16.8. The number of nitrogens with one attached hydrogen (secondary N) is 1. The van der Waals surface area contributed by atoms with Crippen molar-refractivity contribution in [3.05, 3.63) is 39.9 Å². The first-order valence-electron chi connectivity index (χ1n) is 10.4. The van der Waals surface area contributed by atoms with Crippen molar-refractivity contribution in [1.29, 1.82) is 0 Å². The molecular weight excluding hydrogens is 372 g/mol. The van der Waals surface area contributed by atoms with Crippen LogP contribution in [0.2, 0.25) is 0 Å². The third kappa shape index (κ3) is 4.50. The third-order valence-corrected chi connectivity index (χ3v) is 5.64. The minimum absolute atomic E-state index is 0.0801. The van der Waals surface area contributed by atoms with Crippen LogP contribution in [0.1, 0.15) is 41.7 Å². The Kier molecular flexibility index (Phi) is 5.94. The molecule has 1 N–H and O–H groups in total. The zero-order valence-electron chi connectivity index (χ0n) is 16.8. The van der Waals surface area contributed by atoms with Gasteiger partial charge in [-0.05, 0) is 32.4 Å². The number of aryl methyl sites for hydroxylation is 2. The van der Waals surface area contributed by atoms with E-state index in [1.54, 1.807) is 23.0 Å². The van der Waals surface area contributed by atoms with Gasteiger partial charge in [-0.25, -0.2) is 9.36 Å². The average molecular weight is 400 g/mol. The van der Waals surface area contributed by atoms with E-state index in [-0.39, 0.29) is 17.5 Å². The first-order valence-corrected chi connectivity index (χ1v) is 10.4. The van der Waals surface area contributed by atoms with E-state index in [4.69, 9.17) is 4.74 Å². The summed E-state index contributed by atoms with van der Waals surface area (Å²) >= 11 is 0. The number of hydrogen-bond acceptors (Lipinski definition) is 6. The lowest BCUT2D eigenvalue weighted by molar-refractivity contribution is 0.0903. The molecule has 0 aromatic carbocycles. The summed E-state index contributed by atoms with van der Waals surface area (Å²) in [6, 6.07) is 3.54. The number of hydrogen-bond donors (Lipinski definition) is 1. The van der Waals surface area contributed by atoms with Gasteiger partial charge >= 0.3 is 0 Å². The van der Waals surface area contributed by atoms with Crippen molar-refractivity contribution < 1.29 is 9.53 Å². The van der Waals surface area contributed by atoms with E-state index in [9.17, 15) is 9.59 Å². The van der Waals surface area contributed by atoms with Gasteiger partial charge < -0.3 is 10.1 Å². The van der Waals surface area contributed by atoms with Gasteiger partial charge in [-0.1, -0.05) is 6.42 Å². The first-order chi connectivity index (χ1) is 14.1. The van der Waals surface area contributed by atoms with Gasteiger partial charge in [0.15, 0.2) is 0 Å². The smallest absolute Gasteiger partial charge is 0.266 e. The molecule has 0 bridgehead atoms. The van der Waals surface area contributed by atoms with Gasteiger partial charge in [0.1, 0.15) is 5.56 Å². The molecule has 2 aromatic rings. The molecule has 2 aliphatic heterocycles. The van der Waals surface area contributed by atoms with Crippen LogP contribution >= 0.6 is 0 Å². The Morgan fingerprint density at radius 2 is 2.14 bits per heavy atom. The van der Waals surface area contributed by atoms with Gasteiger partial charge in [-0.3, -0.25) is 14.5 Å². The molecule has 2 aromatic heterocycles. The van der Waals surface area contributed by atoms with Crippen molar-refractivity contribution in [2.45, 2.75) is 51.7 Å².